The van der Waals surface area contributed by atoms with Crippen molar-refractivity contribution in [3.05, 3.63) is 36.2 Å². The monoisotopic (exact) mass is 296 g/mol. The van der Waals surface area contributed by atoms with Gasteiger partial charge in [-0.25, -0.2) is 9.18 Å². The van der Waals surface area contributed by atoms with E-state index in [1.807, 2.05) is 12.2 Å². The average molecular weight is 296 g/mol. The summed E-state index contributed by atoms with van der Waals surface area (Å²) in [6.45, 7) is 0.0810. The molecule has 1 aliphatic carbocycles. The summed E-state index contributed by atoms with van der Waals surface area (Å²) in [5.41, 5.74) is 0.415. The van der Waals surface area contributed by atoms with Gasteiger partial charge >= 0.3 is 6.03 Å². The fraction of sp³-hybridized carbons (Fsp3) is 0.357. The van der Waals surface area contributed by atoms with E-state index in [9.17, 15) is 9.18 Å². The predicted octanol–water partition coefficient (Wildman–Crippen LogP) is 2.61. The lowest BCUT2D eigenvalue weighted by Gasteiger charge is -2.14. The Morgan fingerprint density at radius 3 is 2.90 bits per heavy atom. The summed E-state index contributed by atoms with van der Waals surface area (Å²) in [4.78, 5) is 12.3. The Balaban J connectivity index is 1.89. The molecule has 0 saturated heterocycles. The maximum Gasteiger partial charge on any atom is 0.319 e. The van der Waals surface area contributed by atoms with E-state index in [1.54, 1.807) is 18.4 Å². The topological polar surface area (TPSA) is 61.4 Å². The number of anilines is 1. The van der Waals surface area contributed by atoms with E-state index in [-0.39, 0.29) is 30.4 Å². The fourth-order valence-electron chi connectivity index (χ4n) is 2.10. The maximum absolute atomic E-state index is 13.6. The van der Waals surface area contributed by atoms with Crippen molar-refractivity contribution >= 4 is 23.5 Å². The molecule has 0 saturated carbocycles. The molecule has 0 spiro atoms. The number of benzene rings is 1. The molecule has 6 heteroatoms. The van der Waals surface area contributed by atoms with Gasteiger partial charge in [-0.3, -0.25) is 0 Å². The molecule has 1 aromatic carbocycles. The van der Waals surface area contributed by atoms with Gasteiger partial charge in [0.25, 0.3) is 0 Å². The normalized spacial score (nSPS) is 20.9. The molecular formula is C14H17FN2O2S. The van der Waals surface area contributed by atoms with Crippen LogP contribution in [0.4, 0.5) is 14.9 Å². The summed E-state index contributed by atoms with van der Waals surface area (Å²) >= 11 is 1.32. The van der Waals surface area contributed by atoms with Crippen LogP contribution in [-0.2, 0) is 0 Å². The van der Waals surface area contributed by atoms with Gasteiger partial charge in [0.15, 0.2) is 0 Å². The second kappa shape index (κ2) is 6.76. The minimum atomic E-state index is -0.380. The highest BCUT2D eigenvalue weighted by atomic mass is 32.2. The zero-order valence-corrected chi connectivity index (χ0v) is 11.9. The van der Waals surface area contributed by atoms with E-state index in [2.05, 4.69) is 10.6 Å². The SMILES string of the molecule is CSc1ccc(NC(=O)N[C@@H]2C=C[C@H](CO)C2)cc1F. The number of halogens is 1. The molecule has 0 aliphatic heterocycles. The van der Waals surface area contributed by atoms with E-state index in [0.29, 0.717) is 17.0 Å². The summed E-state index contributed by atoms with van der Waals surface area (Å²) in [7, 11) is 0. The summed E-state index contributed by atoms with van der Waals surface area (Å²) in [6, 6.07) is 4.12. The van der Waals surface area contributed by atoms with Crippen LogP contribution in [0.15, 0.2) is 35.2 Å². The highest BCUT2D eigenvalue weighted by molar-refractivity contribution is 7.98. The van der Waals surface area contributed by atoms with Gasteiger partial charge in [-0.05, 0) is 30.9 Å². The van der Waals surface area contributed by atoms with Gasteiger partial charge < -0.3 is 15.7 Å². The Kier molecular flexibility index (Phi) is 5.03. The molecule has 0 unspecified atom stereocenters. The van der Waals surface area contributed by atoms with Crippen molar-refractivity contribution in [2.45, 2.75) is 17.4 Å². The third kappa shape index (κ3) is 3.74. The molecule has 108 valence electrons. The van der Waals surface area contributed by atoms with Gasteiger partial charge in [-0.1, -0.05) is 12.2 Å². The van der Waals surface area contributed by atoms with E-state index >= 15 is 0 Å². The Labute approximate surface area is 121 Å². The quantitative estimate of drug-likeness (QED) is 0.591. The van der Waals surface area contributed by atoms with Gasteiger partial charge in [0, 0.05) is 29.1 Å². The number of amides is 2. The summed E-state index contributed by atoms with van der Waals surface area (Å²) in [6.07, 6.45) is 6.22. The van der Waals surface area contributed by atoms with Crippen LogP contribution in [0.3, 0.4) is 0 Å². The van der Waals surface area contributed by atoms with Crippen molar-refractivity contribution in [1.82, 2.24) is 5.32 Å². The summed E-state index contributed by atoms with van der Waals surface area (Å²) < 4.78 is 13.6. The van der Waals surface area contributed by atoms with Gasteiger partial charge in [0.05, 0.1) is 0 Å². The number of hydrogen-bond acceptors (Lipinski definition) is 3. The Bertz CT molecular complexity index is 522. The first-order valence-corrected chi connectivity index (χ1v) is 7.55. The molecule has 1 aromatic rings. The first-order valence-electron chi connectivity index (χ1n) is 6.32. The van der Waals surface area contributed by atoms with Crippen molar-refractivity contribution in [2.75, 3.05) is 18.2 Å². The zero-order chi connectivity index (χ0) is 14.5. The number of aliphatic hydroxyl groups excluding tert-OH is 1. The minimum absolute atomic E-state index is 0.0810. The number of carbonyl (C=O) groups is 1. The lowest BCUT2D eigenvalue weighted by atomic mass is 10.1. The van der Waals surface area contributed by atoms with E-state index in [0.717, 1.165) is 0 Å². The number of nitrogens with one attached hydrogen (secondary N) is 2. The van der Waals surface area contributed by atoms with Crippen molar-refractivity contribution < 1.29 is 14.3 Å². The lowest BCUT2D eigenvalue weighted by Crippen LogP contribution is -2.36. The van der Waals surface area contributed by atoms with Gasteiger partial charge in [0.2, 0.25) is 0 Å². The second-order valence-corrected chi connectivity index (χ2v) is 5.47. The van der Waals surface area contributed by atoms with Crippen molar-refractivity contribution in [3.8, 4) is 0 Å². The highest BCUT2D eigenvalue weighted by Crippen LogP contribution is 2.22. The van der Waals surface area contributed by atoms with E-state index in [4.69, 9.17) is 5.11 Å². The van der Waals surface area contributed by atoms with Crippen LogP contribution in [0.5, 0.6) is 0 Å². The molecule has 0 fully saturated rings. The fourth-order valence-corrected chi connectivity index (χ4v) is 2.55. The van der Waals surface area contributed by atoms with Crippen LogP contribution in [0, 0.1) is 11.7 Å². The average Bonchev–Trinajstić information content (AvgIpc) is 2.86. The van der Waals surface area contributed by atoms with E-state index in [1.165, 1.54) is 17.8 Å². The zero-order valence-electron chi connectivity index (χ0n) is 11.1. The molecule has 20 heavy (non-hydrogen) atoms. The highest BCUT2D eigenvalue weighted by Gasteiger charge is 2.19. The number of rotatable bonds is 4. The number of aliphatic hydroxyl groups is 1. The smallest absolute Gasteiger partial charge is 0.319 e. The lowest BCUT2D eigenvalue weighted by molar-refractivity contribution is 0.238. The molecule has 2 rings (SSSR count). The van der Waals surface area contributed by atoms with Crippen LogP contribution in [0.1, 0.15) is 6.42 Å². The van der Waals surface area contributed by atoms with Crippen molar-refractivity contribution in [3.63, 3.8) is 0 Å². The Morgan fingerprint density at radius 1 is 1.50 bits per heavy atom. The molecule has 0 radical (unpaired) electrons. The number of thioether (sulfide) groups is 1. The van der Waals surface area contributed by atoms with Crippen molar-refractivity contribution in [2.24, 2.45) is 5.92 Å². The van der Waals surface area contributed by atoms with E-state index < -0.39 is 0 Å². The first-order chi connectivity index (χ1) is 9.62. The van der Waals surface area contributed by atoms with Crippen LogP contribution < -0.4 is 10.6 Å². The Hall–Kier alpha value is -1.53. The van der Waals surface area contributed by atoms with Gasteiger partial charge in [-0.2, -0.15) is 0 Å². The van der Waals surface area contributed by atoms with Gasteiger partial charge in [-0.15, -0.1) is 11.8 Å². The molecule has 1 aliphatic rings. The predicted molar refractivity (Wildman–Crippen MR) is 78.5 cm³/mol. The van der Waals surface area contributed by atoms with Crippen LogP contribution in [0.25, 0.3) is 0 Å². The van der Waals surface area contributed by atoms with Crippen LogP contribution in [0.2, 0.25) is 0 Å². The molecular weight excluding hydrogens is 279 g/mol. The largest absolute Gasteiger partial charge is 0.396 e. The maximum atomic E-state index is 13.6. The number of hydrogen-bond donors (Lipinski definition) is 3. The molecule has 2 amide bonds. The molecule has 0 heterocycles. The molecule has 4 nitrogen and oxygen atoms in total. The third-order valence-corrected chi connectivity index (χ3v) is 3.90. The van der Waals surface area contributed by atoms with Crippen molar-refractivity contribution in [1.29, 1.82) is 0 Å². The molecule has 3 N–H and O–H groups in total. The van der Waals surface area contributed by atoms with Gasteiger partial charge in [0.1, 0.15) is 5.82 Å². The summed E-state index contributed by atoms with van der Waals surface area (Å²) in [5, 5.41) is 14.4. The Morgan fingerprint density at radius 2 is 2.30 bits per heavy atom. The number of urea groups is 1. The third-order valence-electron chi connectivity index (χ3n) is 3.13. The van der Waals surface area contributed by atoms with Crippen LogP contribution in [-0.4, -0.2) is 30.0 Å². The summed E-state index contributed by atoms with van der Waals surface area (Å²) in [5.74, 6) is -0.255. The second-order valence-electron chi connectivity index (χ2n) is 4.62. The van der Waals surface area contributed by atoms with Crippen LogP contribution >= 0.6 is 11.8 Å². The first kappa shape index (κ1) is 14.9. The minimum Gasteiger partial charge on any atom is -0.396 e. The standard InChI is InChI=1S/C14H17FN2O2S/c1-20-13-5-4-11(7-12(13)15)17-14(19)16-10-3-2-9(6-10)8-18/h2-5,7,9-10,18H,6,8H2,1H3,(H2,16,17,19)/t9-,10+/m0/s1. The number of carbonyl (C=O) groups excluding carboxylic acids is 1. The molecule has 2 atom stereocenters. The molecule has 0 bridgehead atoms. The molecule has 0 aromatic heterocycles.